The summed E-state index contributed by atoms with van der Waals surface area (Å²) in [5.74, 6) is 0.613. The average molecular weight is 249 g/mol. The molecular formula is C15H27N3. The first kappa shape index (κ1) is 13.6. The third-order valence-electron chi connectivity index (χ3n) is 4.32. The molecule has 0 amide bonds. The second-order valence-electron chi connectivity index (χ2n) is 5.48. The minimum Gasteiger partial charge on any atom is -0.330 e. The maximum absolute atomic E-state index is 5.99. The van der Waals surface area contributed by atoms with E-state index >= 15 is 0 Å². The Morgan fingerprint density at radius 3 is 2.67 bits per heavy atom. The molecule has 18 heavy (non-hydrogen) atoms. The summed E-state index contributed by atoms with van der Waals surface area (Å²) in [5.41, 5.74) is 8.61. The summed E-state index contributed by atoms with van der Waals surface area (Å²) in [6, 6.07) is 2.81. The first-order valence-electron chi connectivity index (χ1n) is 7.57. The topological polar surface area (TPSA) is 43.8 Å². The molecule has 0 aliphatic heterocycles. The monoisotopic (exact) mass is 249 g/mol. The van der Waals surface area contributed by atoms with Gasteiger partial charge in [0.2, 0.25) is 0 Å². The van der Waals surface area contributed by atoms with Crippen LogP contribution < -0.4 is 5.73 Å². The number of hydrogen-bond acceptors (Lipinski definition) is 2. The highest BCUT2D eigenvalue weighted by molar-refractivity contribution is 5.11. The fourth-order valence-corrected chi connectivity index (χ4v) is 3.18. The van der Waals surface area contributed by atoms with E-state index in [1.165, 1.54) is 43.5 Å². The SMILES string of the molecule is CCc1cc(CC)n(C2CCCCCC2CN)n1. The van der Waals surface area contributed by atoms with Crippen LogP contribution in [-0.2, 0) is 12.8 Å². The van der Waals surface area contributed by atoms with E-state index in [9.17, 15) is 0 Å². The van der Waals surface area contributed by atoms with E-state index in [2.05, 4.69) is 24.6 Å². The Morgan fingerprint density at radius 1 is 1.22 bits per heavy atom. The second-order valence-corrected chi connectivity index (χ2v) is 5.48. The standard InChI is InChI=1S/C15H27N3/c1-3-13-10-14(4-2)18(17-13)15-9-7-5-6-8-12(15)11-16/h10,12,15H,3-9,11,16H2,1-2H3. The molecule has 1 aromatic rings. The Balaban J connectivity index is 2.28. The molecule has 0 aromatic carbocycles. The number of aromatic nitrogens is 2. The van der Waals surface area contributed by atoms with E-state index < -0.39 is 0 Å². The van der Waals surface area contributed by atoms with Crippen molar-refractivity contribution in [2.75, 3.05) is 6.54 Å². The van der Waals surface area contributed by atoms with Gasteiger partial charge in [0.15, 0.2) is 0 Å². The average Bonchev–Trinajstić information content (AvgIpc) is 2.68. The van der Waals surface area contributed by atoms with E-state index in [1.54, 1.807) is 0 Å². The van der Waals surface area contributed by atoms with E-state index in [-0.39, 0.29) is 0 Å². The van der Waals surface area contributed by atoms with Gasteiger partial charge in [-0.05, 0) is 44.2 Å². The molecule has 1 heterocycles. The smallest absolute Gasteiger partial charge is 0.0624 e. The van der Waals surface area contributed by atoms with Crippen LogP contribution in [0.2, 0.25) is 0 Å². The highest BCUT2D eigenvalue weighted by Gasteiger charge is 2.26. The second kappa shape index (κ2) is 6.37. The van der Waals surface area contributed by atoms with Crippen LogP contribution >= 0.6 is 0 Å². The molecular weight excluding hydrogens is 222 g/mol. The molecule has 0 radical (unpaired) electrons. The van der Waals surface area contributed by atoms with Crippen LogP contribution in [0.3, 0.4) is 0 Å². The number of hydrogen-bond donors (Lipinski definition) is 1. The van der Waals surface area contributed by atoms with Crippen molar-refractivity contribution in [1.29, 1.82) is 0 Å². The summed E-state index contributed by atoms with van der Waals surface area (Å²) in [6.45, 7) is 5.20. The molecule has 1 aromatic heterocycles. The molecule has 0 bridgehead atoms. The summed E-state index contributed by atoms with van der Waals surface area (Å²) in [4.78, 5) is 0. The maximum atomic E-state index is 5.99. The van der Waals surface area contributed by atoms with E-state index in [4.69, 9.17) is 10.8 Å². The molecule has 2 unspecified atom stereocenters. The summed E-state index contributed by atoms with van der Waals surface area (Å²) >= 11 is 0. The Labute approximate surface area is 111 Å². The third kappa shape index (κ3) is 2.77. The highest BCUT2D eigenvalue weighted by atomic mass is 15.3. The van der Waals surface area contributed by atoms with Crippen LogP contribution in [0.25, 0.3) is 0 Å². The summed E-state index contributed by atoms with van der Waals surface area (Å²) in [7, 11) is 0. The fourth-order valence-electron chi connectivity index (χ4n) is 3.18. The predicted molar refractivity (Wildman–Crippen MR) is 75.6 cm³/mol. The zero-order valence-corrected chi connectivity index (χ0v) is 11.9. The molecule has 2 atom stereocenters. The van der Waals surface area contributed by atoms with Gasteiger partial charge in [0.25, 0.3) is 0 Å². The lowest BCUT2D eigenvalue weighted by atomic mass is 9.95. The molecule has 2 N–H and O–H groups in total. The van der Waals surface area contributed by atoms with Crippen molar-refractivity contribution in [1.82, 2.24) is 9.78 Å². The number of aryl methyl sites for hydroxylation is 2. The Morgan fingerprint density at radius 2 is 2.00 bits per heavy atom. The Hall–Kier alpha value is -0.830. The Bertz CT molecular complexity index is 370. The van der Waals surface area contributed by atoms with E-state index in [1.807, 2.05) is 0 Å². The summed E-state index contributed by atoms with van der Waals surface area (Å²) in [5, 5.41) is 4.82. The molecule has 1 fully saturated rings. The van der Waals surface area contributed by atoms with Crippen molar-refractivity contribution in [3.63, 3.8) is 0 Å². The number of nitrogens with two attached hydrogens (primary N) is 1. The Kier molecular flexibility index (Phi) is 4.81. The van der Waals surface area contributed by atoms with Gasteiger partial charge in [-0.2, -0.15) is 5.10 Å². The van der Waals surface area contributed by atoms with Gasteiger partial charge in [0.05, 0.1) is 11.7 Å². The molecule has 0 saturated heterocycles. The molecule has 3 nitrogen and oxygen atoms in total. The summed E-state index contributed by atoms with van der Waals surface area (Å²) < 4.78 is 2.31. The predicted octanol–water partition coefficient (Wildman–Crippen LogP) is 3.09. The molecule has 2 rings (SSSR count). The molecule has 1 aliphatic carbocycles. The normalized spacial score (nSPS) is 25.1. The van der Waals surface area contributed by atoms with Crippen LogP contribution in [0, 0.1) is 5.92 Å². The third-order valence-corrected chi connectivity index (χ3v) is 4.32. The lowest BCUT2D eigenvalue weighted by Crippen LogP contribution is -2.27. The minimum atomic E-state index is 0.535. The largest absolute Gasteiger partial charge is 0.330 e. The van der Waals surface area contributed by atoms with Crippen molar-refractivity contribution >= 4 is 0 Å². The van der Waals surface area contributed by atoms with Crippen molar-refractivity contribution in [2.45, 2.75) is 64.8 Å². The van der Waals surface area contributed by atoms with Crippen molar-refractivity contribution in [2.24, 2.45) is 11.7 Å². The van der Waals surface area contributed by atoms with Gasteiger partial charge in [-0.3, -0.25) is 4.68 Å². The van der Waals surface area contributed by atoms with Crippen LogP contribution in [0.4, 0.5) is 0 Å². The molecule has 1 saturated carbocycles. The lowest BCUT2D eigenvalue weighted by Gasteiger charge is -2.26. The fraction of sp³-hybridized carbons (Fsp3) is 0.800. The number of rotatable bonds is 4. The first-order valence-corrected chi connectivity index (χ1v) is 7.57. The minimum absolute atomic E-state index is 0.535. The van der Waals surface area contributed by atoms with Gasteiger partial charge in [-0.25, -0.2) is 0 Å². The van der Waals surface area contributed by atoms with Crippen molar-refractivity contribution < 1.29 is 0 Å². The van der Waals surface area contributed by atoms with E-state index in [0.29, 0.717) is 12.0 Å². The molecule has 102 valence electrons. The van der Waals surface area contributed by atoms with Crippen LogP contribution in [0.1, 0.15) is 63.4 Å². The van der Waals surface area contributed by atoms with Crippen LogP contribution in [0.15, 0.2) is 6.07 Å². The molecule has 0 spiro atoms. The van der Waals surface area contributed by atoms with Gasteiger partial charge in [-0.1, -0.05) is 33.1 Å². The van der Waals surface area contributed by atoms with Gasteiger partial charge in [-0.15, -0.1) is 0 Å². The van der Waals surface area contributed by atoms with Crippen molar-refractivity contribution in [3.8, 4) is 0 Å². The quantitative estimate of drug-likeness (QED) is 0.833. The summed E-state index contributed by atoms with van der Waals surface area (Å²) in [6.07, 6.45) is 8.63. The highest BCUT2D eigenvalue weighted by Crippen LogP contribution is 2.33. The van der Waals surface area contributed by atoms with Crippen LogP contribution in [-0.4, -0.2) is 16.3 Å². The van der Waals surface area contributed by atoms with Crippen molar-refractivity contribution in [3.05, 3.63) is 17.5 Å². The molecule has 1 aliphatic rings. The lowest BCUT2D eigenvalue weighted by molar-refractivity contribution is 0.287. The number of nitrogens with zero attached hydrogens (tertiary/aromatic N) is 2. The van der Waals surface area contributed by atoms with Gasteiger partial charge >= 0.3 is 0 Å². The zero-order chi connectivity index (χ0) is 13.0. The van der Waals surface area contributed by atoms with Crippen LogP contribution in [0.5, 0.6) is 0 Å². The first-order chi connectivity index (χ1) is 8.80. The van der Waals surface area contributed by atoms with Gasteiger partial charge in [0.1, 0.15) is 0 Å². The van der Waals surface area contributed by atoms with E-state index in [0.717, 1.165) is 19.4 Å². The molecule has 3 heteroatoms. The van der Waals surface area contributed by atoms with Gasteiger partial charge < -0.3 is 5.73 Å². The van der Waals surface area contributed by atoms with Gasteiger partial charge in [0, 0.05) is 5.69 Å². The maximum Gasteiger partial charge on any atom is 0.0624 e. The zero-order valence-electron chi connectivity index (χ0n) is 11.9.